The second kappa shape index (κ2) is 3.91. The van der Waals surface area contributed by atoms with Crippen LogP contribution in [0.5, 0.6) is 11.8 Å². The average molecular weight is 206 g/mol. The molecule has 1 heterocycles. The van der Waals surface area contributed by atoms with Gasteiger partial charge in [-0.1, -0.05) is 18.2 Å². The van der Waals surface area contributed by atoms with Gasteiger partial charge in [-0.3, -0.25) is 4.79 Å². The monoisotopic (exact) mass is 206 g/mol. The Labute approximate surface area is 84.4 Å². The summed E-state index contributed by atoms with van der Waals surface area (Å²) in [6, 6.07) is 8.74. The molecule has 1 aromatic carbocycles. The van der Waals surface area contributed by atoms with Gasteiger partial charge in [-0.25, -0.2) is 0 Å². The van der Waals surface area contributed by atoms with E-state index in [2.05, 4.69) is 9.97 Å². The van der Waals surface area contributed by atoms with Crippen molar-refractivity contribution in [2.75, 3.05) is 0 Å². The smallest absolute Gasteiger partial charge is 0.311 e. The van der Waals surface area contributed by atoms with Crippen LogP contribution in [-0.2, 0) is 0 Å². The highest BCUT2D eigenvalue weighted by molar-refractivity contribution is 5.23. The third kappa shape index (κ3) is 2.19. The topological polar surface area (TPSA) is 55.0 Å². The number of nitrogens with one attached hydrogen (secondary N) is 1. The lowest BCUT2D eigenvalue weighted by Crippen LogP contribution is -2.12. The van der Waals surface area contributed by atoms with Crippen molar-refractivity contribution in [3.8, 4) is 11.8 Å². The van der Waals surface area contributed by atoms with Gasteiger partial charge in [0.1, 0.15) is 5.75 Å². The van der Waals surface area contributed by atoms with Gasteiger partial charge in [-0.2, -0.15) is 9.37 Å². The largest absolute Gasteiger partial charge is 0.426 e. The molecule has 2 rings (SSSR count). The highest BCUT2D eigenvalue weighted by Crippen LogP contribution is 2.14. The zero-order valence-corrected chi connectivity index (χ0v) is 7.61. The molecule has 5 heteroatoms. The summed E-state index contributed by atoms with van der Waals surface area (Å²) in [4.78, 5) is 16.6. The van der Waals surface area contributed by atoms with Gasteiger partial charge in [0.05, 0.1) is 0 Å². The molecule has 0 aliphatic carbocycles. The van der Waals surface area contributed by atoms with Gasteiger partial charge in [0.15, 0.2) is 0 Å². The quantitative estimate of drug-likeness (QED) is 0.813. The minimum atomic E-state index is -0.945. The number of rotatable bonds is 2. The summed E-state index contributed by atoms with van der Waals surface area (Å²) in [5.74, 6) is -0.414. The molecule has 0 atom stereocenters. The highest BCUT2D eigenvalue weighted by atomic mass is 19.1. The minimum absolute atomic E-state index is 0.0346. The van der Waals surface area contributed by atoms with Gasteiger partial charge in [-0.05, 0) is 12.1 Å². The second-order valence-corrected chi connectivity index (χ2v) is 2.77. The van der Waals surface area contributed by atoms with Crippen LogP contribution in [0, 0.1) is 5.82 Å². The van der Waals surface area contributed by atoms with Gasteiger partial charge in [0, 0.05) is 6.20 Å². The molecule has 15 heavy (non-hydrogen) atoms. The lowest BCUT2D eigenvalue weighted by atomic mass is 10.3. The molecule has 0 bridgehead atoms. The van der Waals surface area contributed by atoms with Crippen LogP contribution in [0.25, 0.3) is 0 Å². The number of hydrogen-bond acceptors (Lipinski definition) is 3. The van der Waals surface area contributed by atoms with Crippen LogP contribution < -0.4 is 10.3 Å². The van der Waals surface area contributed by atoms with Gasteiger partial charge in [0.25, 0.3) is 0 Å². The van der Waals surface area contributed by atoms with Crippen LogP contribution in [0.3, 0.4) is 0 Å². The Kier molecular flexibility index (Phi) is 2.45. The first-order valence-electron chi connectivity index (χ1n) is 4.24. The molecular formula is C10H7FN2O2. The van der Waals surface area contributed by atoms with Crippen LogP contribution in [0.15, 0.2) is 41.3 Å². The molecule has 0 spiro atoms. The maximum absolute atomic E-state index is 12.6. The van der Waals surface area contributed by atoms with Crippen molar-refractivity contribution < 1.29 is 9.13 Å². The summed E-state index contributed by atoms with van der Waals surface area (Å²) >= 11 is 0. The van der Waals surface area contributed by atoms with Crippen molar-refractivity contribution in [1.29, 1.82) is 0 Å². The van der Waals surface area contributed by atoms with Crippen LogP contribution in [0.4, 0.5) is 4.39 Å². The minimum Gasteiger partial charge on any atom is -0.426 e. The van der Waals surface area contributed by atoms with E-state index in [0.29, 0.717) is 5.75 Å². The summed E-state index contributed by atoms with van der Waals surface area (Å²) in [6.07, 6.45) is 0.910. The fourth-order valence-electron chi connectivity index (χ4n) is 1.02. The number of benzene rings is 1. The van der Waals surface area contributed by atoms with Gasteiger partial charge in [0.2, 0.25) is 5.82 Å². The van der Waals surface area contributed by atoms with Crippen molar-refractivity contribution in [2.45, 2.75) is 0 Å². The number of H-pyrrole nitrogens is 1. The fraction of sp³-hybridized carbons (Fsp3) is 0. The van der Waals surface area contributed by atoms with Crippen molar-refractivity contribution in [3.05, 3.63) is 52.7 Å². The third-order valence-corrected chi connectivity index (χ3v) is 1.69. The maximum Gasteiger partial charge on any atom is 0.311 e. The van der Waals surface area contributed by atoms with Crippen molar-refractivity contribution >= 4 is 0 Å². The zero-order chi connectivity index (χ0) is 10.7. The maximum atomic E-state index is 12.6. The Morgan fingerprint density at radius 2 is 2.00 bits per heavy atom. The molecule has 0 amide bonds. The van der Waals surface area contributed by atoms with Crippen LogP contribution >= 0.6 is 0 Å². The first-order chi connectivity index (χ1) is 7.25. The van der Waals surface area contributed by atoms with E-state index in [4.69, 9.17) is 4.74 Å². The number of aromatic nitrogens is 2. The molecule has 0 saturated heterocycles. The Bertz CT molecular complexity index is 510. The number of hydrogen-bond donors (Lipinski definition) is 1. The molecule has 0 radical (unpaired) electrons. The molecule has 76 valence electrons. The molecule has 1 N–H and O–H groups in total. The van der Waals surface area contributed by atoms with E-state index in [9.17, 15) is 9.18 Å². The van der Waals surface area contributed by atoms with Gasteiger partial charge in [-0.15, -0.1) is 0 Å². The first-order valence-corrected chi connectivity index (χ1v) is 4.24. The summed E-state index contributed by atoms with van der Waals surface area (Å²) in [7, 11) is 0. The molecule has 0 aliphatic heterocycles. The van der Waals surface area contributed by atoms with E-state index in [1.165, 1.54) is 0 Å². The second-order valence-electron chi connectivity index (χ2n) is 2.77. The Hall–Kier alpha value is -2.17. The normalized spacial score (nSPS) is 9.93. The SMILES string of the molecule is O=c1nc(Oc2ccccc2)[nH]cc1F. The number of para-hydroxylation sites is 1. The molecule has 0 aliphatic rings. The summed E-state index contributed by atoms with van der Waals surface area (Å²) < 4.78 is 17.8. The molecule has 0 fully saturated rings. The lowest BCUT2D eigenvalue weighted by Gasteiger charge is -2.02. The van der Waals surface area contributed by atoms with Crippen LogP contribution in [0.1, 0.15) is 0 Å². The zero-order valence-electron chi connectivity index (χ0n) is 7.61. The number of ether oxygens (including phenoxy) is 1. The van der Waals surface area contributed by atoms with Crippen LogP contribution in [-0.4, -0.2) is 9.97 Å². The van der Waals surface area contributed by atoms with E-state index in [-0.39, 0.29) is 6.01 Å². The fourth-order valence-corrected chi connectivity index (χ4v) is 1.02. The standard InChI is InChI=1S/C10H7FN2O2/c11-8-6-12-10(13-9(8)14)15-7-4-2-1-3-5-7/h1-6H,(H,12,13,14). The van der Waals surface area contributed by atoms with Crippen molar-refractivity contribution in [3.63, 3.8) is 0 Å². The van der Waals surface area contributed by atoms with Crippen molar-refractivity contribution in [2.24, 2.45) is 0 Å². The summed E-state index contributed by atoms with van der Waals surface area (Å²) in [6.45, 7) is 0. The lowest BCUT2D eigenvalue weighted by molar-refractivity contribution is 0.433. The highest BCUT2D eigenvalue weighted by Gasteiger charge is 2.02. The van der Waals surface area contributed by atoms with E-state index in [0.717, 1.165) is 6.20 Å². The first kappa shape index (κ1) is 9.39. The van der Waals surface area contributed by atoms with E-state index >= 15 is 0 Å². The molecule has 4 nitrogen and oxygen atoms in total. The summed E-state index contributed by atoms with van der Waals surface area (Å²) in [5, 5.41) is 0. The number of halogens is 1. The molecule has 0 unspecified atom stereocenters. The Morgan fingerprint density at radius 3 is 2.67 bits per heavy atom. The van der Waals surface area contributed by atoms with E-state index in [1.807, 2.05) is 6.07 Å². The molecule has 1 aromatic heterocycles. The van der Waals surface area contributed by atoms with Crippen LogP contribution in [0.2, 0.25) is 0 Å². The van der Waals surface area contributed by atoms with E-state index < -0.39 is 11.4 Å². The number of aromatic amines is 1. The molecule has 0 saturated carbocycles. The predicted molar refractivity (Wildman–Crippen MR) is 51.3 cm³/mol. The van der Waals surface area contributed by atoms with E-state index in [1.54, 1.807) is 24.3 Å². The molecule has 2 aromatic rings. The van der Waals surface area contributed by atoms with Gasteiger partial charge < -0.3 is 9.72 Å². The van der Waals surface area contributed by atoms with Crippen molar-refractivity contribution in [1.82, 2.24) is 9.97 Å². The Balaban J connectivity index is 2.26. The summed E-state index contributed by atoms with van der Waals surface area (Å²) in [5.41, 5.74) is -0.945. The predicted octanol–water partition coefficient (Wildman–Crippen LogP) is 1.70. The third-order valence-electron chi connectivity index (χ3n) is 1.69. The molecular weight excluding hydrogens is 199 g/mol. The average Bonchev–Trinajstić information content (AvgIpc) is 2.25. The van der Waals surface area contributed by atoms with Gasteiger partial charge >= 0.3 is 11.6 Å². The Morgan fingerprint density at radius 1 is 1.27 bits per heavy atom. The number of nitrogens with zero attached hydrogens (tertiary/aromatic N) is 1.